The van der Waals surface area contributed by atoms with Crippen LogP contribution in [0.3, 0.4) is 0 Å². The van der Waals surface area contributed by atoms with Crippen molar-refractivity contribution in [3.8, 4) is 0 Å². The molecule has 1 fully saturated rings. The van der Waals surface area contributed by atoms with Crippen LogP contribution in [0.2, 0.25) is 0 Å². The third-order valence-electron chi connectivity index (χ3n) is 4.65. The fourth-order valence-electron chi connectivity index (χ4n) is 3.18. The standard InChI is InChI=1S/C19H19N3O3/c1-12-2-3-17-15(6-12)16(8-20-17)19(24)22-9-13(10-22)7-21-18(23)14-4-5-25-11-14/h2-6,8,11,13,20H,7,9-10H2,1H3,(H,21,23). The van der Waals surface area contributed by atoms with E-state index in [-0.39, 0.29) is 17.7 Å². The van der Waals surface area contributed by atoms with Crippen LogP contribution in [0.15, 0.2) is 47.4 Å². The van der Waals surface area contributed by atoms with Gasteiger partial charge < -0.3 is 19.6 Å². The van der Waals surface area contributed by atoms with Gasteiger partial charge in [-0.15, -0.1) is 0 Å². The molecule has 1 aromatic carbocycles. The fraction of sp³-hybridized carbons (Fsp3) is 0.263. The smallest absolute Gasteiger partial charge is 0.256 e. The maximum atomic E-state index is 12.7. The van der Waals surface area contributed by atoms with E-state index >= 15 is 0 Å². The molecule has 6 heteroatoms. The van der Waals surface area contributed by atoms with E-state index in [4.69, 9.17) is 4.42 Å². The Balaban J connectivity index is 1.34. The second-order valence-corrected chi connectivity index (χ2v) is 6.55. The zero-order valence-electron chi connectivity index (χ0n) is 13.9. The normalized spacial score (nSPS) is 14.5. The van der Waals surface area contributed by atoms with Crippen molar-refractivity contribution in [1.82, 2.24) is 15.2 Å². The Morgan fingerprint density at radius 3 is 2.92 bits per heavy atom. The average molecular weight is 337 g/mol. The minimum Gasteiger partial charge on any atom is -0.472 e. The highest BCUT2D eigenvalue weighted by molar-refractivity contribution is 6.07. The van der Waals surface area contributed by atoms with Crippen molar-refractivity contribution in [1.29, 1.82) is 0 Å². The second kappa shape index (κ2) is 6.12. The molecule has 2 N–H and O–H groups in total. The predicted molar refractivity (Wildman–Crippen MR) is 93.5 cm³/mol. The highest BCUT2D eigenvalue weighted by atomic mass is 16.3. The van der Waals surface area contributed by atoms with Crippen LogP contribution in [-0.4, -0.2) is 41.3 Å². The van der Waals surface area contributed by atoms with Gasteiger partial charge in [0.05, 0.1) is 17.4 Å². The number of likely N-dealkylation sites (tertiary alicyclic amines) is 1. The number of carbonyl (C=O) groups is 2. The van der Waals surface area contributed by atoms with Crippen LogP contribution in [-0.2, 0) is 0 Å². The van der Waals surface area contributed by atoms with Crippen molar-refractivity contribution < 1.29 is 14.0 Å². The molecule has 3 aromatic rings. The Bertz CT molecular complexity index is 921. The summed E-state index contributed by atoms with van der Waals surface area (Å²) in [5, 5.41) is 3.84. The van der Waals surface area contributed by atoms with Gasteiger partial charge in [-0.3, -0.25) is 9.59 Å². The van der Waals surface area contributed by atoms with Gasteiger partial charge in [-0.05, 0) is 25.1 Å². The number of amides is 2. The van der Waals surface area contributed by atoms with Gasteiger partial charge in [0.25, 0.3) is 11.8 Å². The Morgan fingerprint density at radius 1 is 1.32 bits per heavy atom. The SMILES string of the molecule is Cc1ccc2[nH]cc(C(=O)N3CC(CNC(=O)c4ccoc4)C3)c2c1. The number of aryl methyl sites for hydroxylation is 1. The molecule has 0 aliphatic carbocycles. The average Bonchev–Trinajstić information content (AvgIpc) is 3.22. The van der Waals surface area contributed by atoms with Crippen LogP contribution in [0.5, 0.6) is 0 Å². The maximum Gasteiger partial charge on any atom is 0.256 e. The summed E-state index contributed by atoms with van der Waals surface area (Å²) in [7, 11) is 0. The molecule has 25 heavy (non-hydrogen) atoms. The number of nitrogens with one attached hydrogen (secondary N) is 2. The van der Waals surface area contributed by atoms with Gasteiger partial charge in [0.1, 0.15) is 6.26 Å². The first-order valence-electron chi connectivity index (χ1n) is 8.29. The van der Waals surface area contributed by atoms with E-state index in [1.54, 1.807) is 12.3 Å². The molecule has 0 radical (unpaired) electrons. The Labute approximate surface area is 144 Å². The van der Waals surface area contributed by atoms with Crippen LogP contribution in [0, 0.1) is 12.8 Å². The summed E-state index contributed by atoms with van der Waals surface area (Å²) in [6.07, 6.45) is 4.67. The molecule has 2 amide bonds. The number of benzene rings is 1. The highest BCUT2D eigenvalue weighted by Gasteiger charge is 2.32. The molecule has 3 heterocycles. The van der Waals surface area contributed by atoms with Gasteiger partial charge in [-0.2, -0.15) is 0 Å². The van der Waals surface area contributed by atoms with Gasteiger partial charge in [0.15, 0.2) is 0 Å². The number of fused-ring (bicyclic) bond motifs is 1. The topological polar surface area (TPSA) is 78.3 Å². The minimum absolute atomic E-state index is 0.0364. The lowest BCUT2D eigenvalue weighted by molar-refractivity contribution is 0.0500. The number of carbonyl (C=O) groups excluding carboxylic acids is 2. The fourth-order valence-corrected chi connectivity index (χ4v) is 3.18. The van der Waals surface area contributed by atoms with E-state index < -0.39 is 0 Å². The van der Waals surface area contributed by atoms with Gasteiger partial charge in [0.2, 0.25) is 0 Å². The lowest BCUT2D eigenvalue weighted by Gasteiger charge is -2.39. The van der Waals surface area contributed by atoms with Crippen LogP contribution >= 0.6 is 0 Å². The van der Waals surface area contributed by atoms with Gasteiger partial charge in [-0.1, -0.05) is 11.6 Å². The monoisotopic (exact) mass is 337 g/mol. The molecule has 0 bridgehead atoms. The van der Waals surface area contributed by atoms with Crippen molar-refractivity contribution in [2.24, 2.45) is 5.92 Å². The van der Waals surface area contributed by atoms with Gasteiger partial charge in [-0.25, -0.2) is 0 Å². The van der Waals surface area contributed by atoms with E-state index in [1.807, 2.05) is 30.0 Å². The number of H-pyrrole nitrogens is 1. The Hall–Kier alpha value is -3.02. The summed E-state index contributed by atoms with van der Waals surface area (Å²) >= 11 is 0. The first kappa shape index (κ1) is 15.5. The third kappa shape index (κ3) is 2.91. The maximum absolute atomic E-state index is 12.7. The van der Waals surface area contributed by atoms with Crippen molar-refractivity contribution in [2.75, 3.05) is 19.6 Å². The number of furan rings is 1. The molecule has 6 nitrogen and oxygen atoms in total. The lowest BCUT2D eigenvalue weighted by atomic mass is 9.98. The van der Waals surface area contributed by atoms with E-state index in [9.17, 15) is 9.59 Å². The Kier molecular flexibility index (Phi) is 3.80. The number of hydrogen-bond donors (Lipinski definition) is 2. The van der Waals surface area contributed by atoms with E-state index in [0.717, 1.165) is 16.5 Å². The van der Waals surface area contributed by atoms with Crippen molar-refractivity contribution >= 4 is 22.7 Å². The molecule has 1 saturated heterocycles. The lowest BCUT2D eigenvalue weighted by Crippen LogP contribution is -2.53. The zero-order chi connectivity index (χ0) is 17.4. The van der Waals surface area contributed by atoms with E-state index in [0.29, 0.717) is 30.8 Å². The summed E-state index contributed by atoms with van der Waals surface area (Å²) in [5.74, 6) is 0.173. The Morgan fingerprint density at radius 2 is 2.16 bits per heavy atom. The molecular weight excluding hydrogens is 318 g/mol. The largest absolute Gasteiger partial charge is 0.472 e. The minimum atomic E-state index is -0.148. The van der Waals surface area contributed by atoms with Crippen molar-refractivity contribution in [2.45, 2.75) is 6.92 Å². The summed E-state index contributed by atoms with van der Waals surface area (Å²) in [6, 6.07) is 7.67. The first-order valence-corrected chi connectivity index (χ1v) is 8.29. The van der Waals surface area contributed by atoms with E-state index in [2.05, 4.69) is 10.3 Å². The predicted octanol–water partition coefficient (Wildman–Crippen LogP) is 2.57. The molecule has 128 valence electrons. The van der Waals surface area contributed by atoms with Crippen LogP contribution in [0.25, 0.3) is 10.9 Å². The highest BCUT2D eigenvalue weighted by Crippen LogP contribution is 2.24. The summed E-state index contributed by atoms with van der Waals surface area (Å²) in [6.45, 7) is 3.88. The number of aromatic amines is 1. The van der Waals surface area contributed by atoms with Crippen molar-refractivity contribution in [3.05, 3.63) is 59.7 Å². The number of aromatic nitrogens is 1. The second-order valence-electron chi connectivity index (χ2n) is 6.55. The van der Waals surface area contributed by atoms with Crippen molar-refractivity contribution in [3.63, 3.8) is 0 Å². The molecule has 1 aliphatic heterocycles. The molecule has 4 rings (SSSR count). The number of nitrogens with zero attached hydrogens (tertiary/aromatic N) is 1. The number of rotatable bonds is 4. The van der Waals surface area contributed by atoms with Crippen LogP contribution in [0.4, 0.5) is 0 Å². The zero-order valence-corrected chi connectivity index (χ0v) is 13.9. The molecule has 0 atom stereocenters. The van der Waals surface area contributed by atoms with Crippen LogP contribution < -0.4 is 5.32 Å². The molecule has 1 aliphatic rings. The van der Waals surface area contributed by atoms with Crippen LogP contribution in [0.1, 0.15) is 26.3 Å². The summed E-state index contributed by atoms with van der Waals surface area (Å²) in [4.78, 5) is 29.5. The molecule has 0 spiro atoms. The molecule has 0 unspecified atom stereocenters. The first-order chi connectivity index (χ1) is 12.1. The molecule has 0 saturated carbocycles. The van der Waals surface area contributed by atoms with E-state index in [1.165, 1.54) is 12.5 Å². The summed E-state index contributed by atoms with van der Waals surface area (Å²) in [5.41, 5.74) is 3.32. The molecular formula is C19H19N3O3. The number of hydrogen-bond acceptors (Lipinski definition) is 3. The third-order valence-corrected chi connectivity index (χ3v) is 4.65. The molecule has 2 aromatic heterocycles. The van der Waals surface area contributed by atoms with Gasteiger partial charge >= 0.3 is 0 Å². The quantitative estimate of drug-likeness (QED) is 0.768. The summed E-state index contributed by atoms with van der Waals surface area (Å²) < 4.78 is 4.90. The van der Waals surface area contributed by atoms with Gasteiger partial charge in [0, 0.05) is 42.7 Å².